The Morgan fingerprint density at radius 2 is 1.46 bits per heavy atom. The number of allylic oxidation sites excluding steroid dienone is 4. The van der Waals surface area contributed by atoms with Gasteiger partial charge in [-0.3, -0.25) is 23.9 Å². The molecule has 1 N–H and O–H groups in total. The highest BCUT2D eigenvalue weighted by atomic mass is 32.2. The Labute approximate surface area is 251 Å². The van der Waals surface area contributed by atoms with E-state index in [4.69, 9.17) is 12.2 Å². The average molecular weight is 614 g/mol. The van der Waals surface area contributed by atoms with Gasteiger partial charge >= 0.3 is 0 Å². The molecule has 2 aliphatic rings. The first kappa shape index (κ1) is 31.0. The summed E-state index contributed by atoms with van der Waals surface area (Å²) < 4.78 is 31.9. The number of nitrogens with zero attached hydrogens (tertiary/aromatic N) is 3. The molecular weight excluding hydrogens is 579 g/mol. The lowest BCUT2D eigenvalue weighted by Gasteiger charge is -2.36. The van der Waals surface area contributed by atoms with E-state index in [0.29, 0.717) is 19.6 Å². The van der Waals surface area contributed by atoms with Gasteiger partial charge in [-0.1, -0.05) is 80.9 Å². The topological polar surface area (TPSA) is 98.2 Å². The van der Waals surface area contributed by atoms with Crippen LogP contribution in [0, 0.1) is 0 Å². The number of amides is 2. The van der Waals surface area contributed by atoms with Crippen LogP contribution in [0.2, 0.25) is 0 Å². The summed E-state index contributed by atoms with van der Waals surface area (Å²) in [6.07, 6.45) is 10.5. The van der Waals surface area contributed by atoms with Gasteiger partial charge < -0.3 is 4.90 Å². The summed E-state index contributed by atoms with van der Waals surface area (Å²) in [4.78, 5) is 32.6. The van der Waals surface area contributed by atoms with Crippen molar-refractivity contribution in [3.05, 3.63) is 71.3 Å². The first-order valence-corrected chi connectivity index (χ1v) is 16.7. The summed E-state index contributed by atoms with van der Waals surface area (Å²) in [6.45, 7) is 5.41. The monoisotopic (exact) mass is 613 g/mol. The molecule has 2 heterocycles. The quantitative estimate of drug-likeness (QED) is 0.137. The second-order valence-electron chi connectivity index (χ2n) is 9.90. The summed E-state index contributed by atoms with van der Waals surface area (Å²) in [5.74, 6) is -1.08. The molecule has 4 rings (SSSR count). The second-order valence-corrected chi connectivity index (χ2v) is 12.9. The van der Waals surface area contributed by atoms with Gasteiger partial charge in [0.2, 0.25) is 0 Å². The van der Waals surface area contributed by atoms with Crippen LogP contribution in [0.15, 0.2) is 76.2 Å². The lowest BCUT2D eigenvalue weighted by Crippen LogP contribution is -2.56. The smallest absolute Gasteiger partial charge is 0.265 e. The minimum atomic E-state index is -4.07. The van der Waals surface area contributed by atoms with Gasteiger partial charge in [0.15, 0.2) is 5.11 Å². The fraction of sp³-hybridized carbons (Fsp3) is 0.367. The number of hydrogen-bond donors (Lipinski definition) is 1. The van der Waals surface area contributed by atoms with Crippen LogP contribution in [0.3, 0.4) is 0 Å². The molecule has 218 valence electrons. The fourth-order valence-corrected chi connectivity index (χ4v) is 6.83. The molecule has 0 aliphatic carbocycles. The molecule has 1 saturated heterocycles. The molecule has 0 aromatic heterocycles. The highest BCUT2D eigenvalue weighted by Crippen LogP contribution is 2.49. The third-order valence-corrected chi connectivity index (χ3v) is 9.35. The van der Waals surface area contributed by atoms with E-state index in [0.717, 1.165) is 52.1 Å². The number of carbonyl (C=O) groups excluding carboxylic acids is 2. The van der Waals surface area contributed by atoms with Crippen molar-refractivity contribution in [2.45, 2.75) is 50.8 Å². The average Bonchev–Trinajstić information content (AvgIpc) is 3.29. The molecular formula is C30H35N3O5S3. The standard InChI is InChI=1S/C30H35N3O5S3/c1-3-5-18-32-28(34)24(29(35)33(30(32)39)19-6-4-2)14-9-10-15-26-31(20-11-21-41(36,37)38)25-17-16-22-12-7-8-13-23(22)27(25)40-26/h7-10,12-17H,3-6,11,18-21H2,1-2H3,(H,36,37,38)/b10-9+,26-15+. The maximum absolute atomic E-state index is 13.2. The summed E-state index contributed by atoms with van der Waals surface area (Å²) in [6, 6.07) is 12.1. The zero-order chi connectivity index (χ0) is 29.6. The summed E-state index contributed by atoms with van der Waals surface area (Å²) in [7, 11) is -4.07. The molecule has 2 amide bonds. The Bertz CT molecular complexity index is 1500. The maximum Gasteiger partial charge on any atom is 0.265 e. The minimum absolute atomic E-state index is 0.0822. The van der Waals surface area contributed by atoms with E-state index >= 15 is 0 Å². The number of unbranched alkanes of at least 4 members (excludes halogenated alkanes) is 2. The highest BCUT2D eigenvalue weighted by molar-refractivity contribution is 8.04. The van der Waals surface area contributed by atoms with E-state index in [9.17, 15) is 22.6 Å². The van der Waals surface area contributed by atoms with E-state index in [-0.39, 0.29) is 34.7 Å². The molecule has 0 radical (unpaired) electrons. The van der Waals surface area contributed by atoms with Crippen molar-refractivity contribution in [2.75, 3.05) is 30.3 Å². The van der Waals surface area contributed by atoms with Gasteiger partial charge in [-0.25, -0.2) is 0 Å². The van der Waals surface area contributed by atoms with E-state index in [1.165, 1.54) is 9.80 Å². The number of carbonyl (C=O) groups is 2. The SMILES string of the molecule is CCCCN1C(=O)C(=C/C=C/C=C2/Sc3c(ccc4ccccc34)N2CCCS(=O)(=O)O)C(=O)N(CCCC)C1=S. The second kappa shape index (κ2) is 13.8. The van der Waals surface area contributed by atoms with Crippen molar-refractivity contribution in [3.63, 3.8) is 0 Å². The Balaban J connectivity index is 1.61. The first-order chi connectivity index (χ1) is 19.7. The fourth-order valence-electron chi connectivity index (χ4n) is 4.75. The minimum Gasteiger partial charge on any atom is -0.335 e. The molecule has 0 spiro atoms. The molecule has 41 heavy (non-hydrogen) atoms. The van der Waals surface area contributed by atoms with Crippen LogP contribution in [0.25, 0.3) is 10.8 Å². The lowest BCUT2D eigenvalue weighted by molar-refractivity contribution is -0.133. The number of thioether (sulfide) groups is 1. The van der Waals surface area contributed by atoms with E-state index in [1.807, 2.05) is 55.2 Å². The zero-order valence-electron chi connectivity index (χ0n) is 23.3. The predicted octanol–water partition coefficient (Wildman–Crippen LogP) is 5.91. The normalized spacial score (nSPS) is 17.0. The Morgan fingerprint density at radius 3 is 2.10 bits per heavy atom. The van der Waals surface area contributed by atoms with E-state index < -0.39 is 10.1 Å². The van der Waals surface area contributed by atoms with Crippen LogP contribution in [-0.2, 0) is 19.7 Å². The number of thiocarbonyl (C=S) groups is 1. The van der Waals surface area contributed by atoms with Gasteiger partial charge in [0.25, 0.3) is 21.9 Å². The first-order valence-electron chi connectivity index (χ1n) is 13.8. The predicted molar refractivity (Wildman–Crippen MR) is 169 cm³/mol. The van der Waals surface area contributed by atoms with Crippen molar-refractivity contribution in [1.29, 1.82) is 0 Å². The summed E-state index contributed by atoms with van der Waals surface area (Å²) in [5, 5.41) is 3.35. The van der Waals surface area contributed by atoms with Gasteiger partial charge in [0, 0.05) is 24.5 Å². The molecule has 2 aliphatic heterocycles. The number of anilines is 1. The Morgan fingerprint density at radius 1 is 0.854 bits per heavy atom. The lowest BCUT2D eigenvalue weighted by atomic mass is 10.1. The van der Waals surface area contributed by atoms with E-state index in [2.05, 4.69) is 6.07 Å². The van der Waals surface area contributed by atoms with Crippen molar-refractivity contribution >= 4 is 67.5 Å². The molecule has 11 heteroatoms. The summed E-state index contributed by atoms with van der Waals surface area (Å²) >= 11 is 7.10. The molecule has 0 unspecified atom stereocenters. The number of fused-ring (bicyclic) bond motifs is 3. The van der Waals surface area contributed by atoms with Crippen LogP contribution in [-0.4, -0.2) is 65.1 Å². The van der Waals surface area contributed by atoms with Crippen molar-refractivity contribution in [1.82, 2.24) is 9.80 Å². The van der Waals surface area contributed by atoms with Crippen LogP contribution < -0.4 is 4.90 Å². The highest BCUT2D eigenvalue weighted by Gasteiger charge is 2.38. The van der Waals surface area contributed by atoms with Gasteiger partial charge in [-0.2, -0.15) is 8.42 Å². The summed E-state index contributed by atoms with van der Waals surface area (Å²) in [5.41, 5.74) is 1.05. The van der Waals surface area contributed by atoms with Gasteiger partial charge in [-0.15, -0.1) is 0 Å². The van der Waals surface area contributed by atoms with Crippen LogP contribution in [0.4, 0.5) is 5.69 Å². The molecule has 1 fully saturated rings. The van der Waals surface area contributed by atoms with Crippen LogP contribution >= 0.6 is 24.0 Å². The molecule has 2 aromatic rings. The zero-order valence-corrected chi connectivity index (χ0v) is 25.7. The maximum atomic E-state index is 13.2. The Hall–Kier alpha value is -2.99. The van der Waals surface area contributed by atoms with Crippen LogP contribution in [0.1, 0.15) is 46.0 Å². The molecule has 0 saturated carbocycles. The van der Waals surface area contributed by atoms with Crippen molar-refractivity contribution in [3.8, 4) is 0 Å². The van der Waals surface area contributed by atoms with Crippen LogP contribution in [0.5, 0.6) is 0 Å². The third kappa shape index (κ3) is 7.27. The largest absolute Gasteiger partial charge is 0.335 e. The van der Waals surface area contributed by atoms with Crippen molar-refractivity contribution < 1.29 is 22.6 Å². The van der Waals surface area contributed by atoms with Crippen molar-refractivity contribution in [2.24, 2.45) is 0 Å². The van der Waals surface area contributed by atoms with Gasteiger partial charge in [0.05, 0.1) is 16.5 Å². The number of rotatable bonds is 12. The third-order valence-electron chi connectivity index (χ3n) is 6.90. The van der Waals surface area contributed by atoms with Gasteiger partial charge in [-0.05, 0) is 60.5 Å². The number of hydrogen-bond acceptors (Lipinski definition) is 7. The Kier molecular flexibility index (Phi) is 10.4. The molecule has 0 atom stereocenters. The number of benzene rings is 2. The van der Waals surface area contributed by atoms with Gasteiger partial charge in [0.1, 0.15) is 5.57 Å². The molecule has 2 aromatic carbocycles. The molecule has 0 bridgehead atoms. The van der Waals surface area contributed by atoms with E-state index in [1.54, 1.807) is 30.0 Å². The molecule has 8 nitrogen and oxygen atoms in total.